The minimum absolute atomic E-state index is 0.342. The van der Waals surface area contributed by atoms with E-state index in [0.717, 1.165) is 115 Å². The first-order valence-corrected chi connectivity index (χ1v) is 28.3. The number of fused-ring (bicyclic) bond motifs is 3. The molecule has 80 heavy (non-hydrogen) atoms. The average molecular weight is 1050 g/mol. The first-order valence-electron chi connectivity index (χ1n) is 28.3. The zero-order chi connectivity index (χ0) is 54.9. The van der Waals surface area contributed by atoms with Gasteiger partial charge in [-0.25, -0.2) is 9.97 Å². The number of nitrogens with zero attached hydrogens (tertiary/aromatic N) is 4. The van der Waals surface area contributed by atoms with Gasteiger partial charge in [-0.2, -0.15) is 10.5 Å². The summed E-state index contributed by atoms with van der Waals surface area (Å²) in [5.74, 6) is 14.6. The Morgan fingerprint density at radius 2 is 0.800 bits per heavy atom. The molecule has 0 saturated carbocycles. The van der Waals surface area contributed by atoms with Crippen molar-refractivity contribution in [2.45, 2.75) is 90.9 Å². The lowest BCUT2D eigenvalue weighted by atomic mass is 10.0. The number of H-pyrrole nitrogens is 2. The smallest absolute Gasteiger partial charge is 0.119 e. The minimum atomic E-state index is 0.342. The number of unbranched alkanes of at least 4 members (excludes halogenated alkanes) is 10. The van der Waals surface area contributed by atoms with E-state index in [0.29, 0.717) is 46.4 Å². The number of nitrogens with one attached hydrogen (secondary N) is 2. The largest absolute Gasteiger partial charge is 0.494 e. The van der Waals surface area contributed by atoms with Crippen molar-refractivity contribution in [2.75, 3.05) is 13.2 Å². The van der Waals surface area contributed by atoms with Crippen molar-refractivity contribution in [3.63, 3.8) is 0 Å². The van der Waals surface area contributed by atoms with E-state index in [-0.39, 0.29) is 0 Å². The van der Waals surface area contributed by atoms with Gasteiger partial charge in [0, 0.05) is 43.8 Å². The number of aromatic amines is 2. The number of ether oxygens (including phenoxy) is 2. The first-order chi connectivity index (χ1) is 39.5. The summed E-state index contributed by atoms with van der Waals surface area (Å²) in [7, 11) is 0. The Kier molecular flexibility index (Phi) is 17.9. The van der Waals surface area contributed by atoms with Crippen molar-refractivity contribution in [2.24, 2.45) is 0 Å². The predicted molar refractivity (Wildman–Crippen MR) is 325 cm³/mol. The van der Waals surface area contributed by atoms with E-state index in [4.69, 9.17) is 19.4 Å². The number of benzene rings is 6. The molecule has 0 fully saturated rings. The standard InChI is InChI=1S/C72H64N6O2/c1-3-5-7-9-11-19-45-79-59-37-31-55(32-38-59)69-67-68(72(77-69)62(50-74)66-44-36-58-48-54(30-42-64(58)76-66)28-26-52-23-17-14-18-24-52)70(56-33-39-60(40-34-56)80-46-20-12-10-8-6-4-2)78-71(67)61(49-73)65-43-35-57-47-53(29-41-63(57)75-65)27-25-51-21-15-13-16-22-51/h13-18,21-24,29-44,47-48,77-78H,3-12,19-20,45-46H2,1-2H3/b71-61-,72-62-. The molecule has 6 aromatic carbocycles. The number of nitriles is 2. The van der Waals surface area contributed by atoms with Crippen LogP contribution in [0, 0.1) is 46.3 Å². The molecule has 8 heteroatoms. The van der Waals surface area contributed by atoms with Gasteiger partial charge in [0.1, 0.15) is 34.8 Å². The van der Waals surface area contributed by atoms with Gasteiger partial charge >= 0.3 is 0 Å². The summed E-state index contributed by atoms with van der Waals surface area (Å²) in [5.41, 5.74) is 9.86. The highest BCUT2D eigenvalue weighted by molar-refractivity contribution is 6.08. The molecule has 0 aliphatic heterocycles. The lowest BCUT2D eigenvalue weighted by molar-refractivity contribution is 0.304. The van der Waals surface area contributed by atoms with E-state index in [9.17, 15) is 10.5 Å². The molecule has 0 spiro atoms. The molecular formula is C72H64N6O2. The van der Waals surface area contributed by atoms with E-state index < -0.39 is 0 Å². The van der Waals surface area contributed by atoms with Crippen LogP contribution in [0.4, 0.5) is 0 Å². The monoisotopic (exact) mass is 1040 g/mol. The van der Waals surface area contributed by atoms with Gasteiger partial charge in [0.05, 0.1) is 57.7 Å². The summed E-state index contributed by atoms with van der Waals surface area (Å²) in [6, 6.07) is 60.7. The fourth-order valence-corrected chi connectivity index (χ4v) is 10.1. The van der Waals surface area contributed by atoms with Crippen LogP contribution in [-0.4, -0.2) is 33.1 Å². The second-order valence-electron chi connectivity index (χ2n) is 20.2. The van der Waals surface area contributed by atoms with Gasteiger partial charge in [-0.1, -0.05) is 150 Å². The Hall–Kier alpha value is -9.60. The number of aromatic nitrogens is 4. The molecule has 0 unspecified atom stereocenters. The highest BCUT2D eigenvalue weighted by atomic mass is 16.5. The van der Waals surface area contributed by atoms with Gasteiger partial charge in [0.2, 0.25) is 0 Å². The van der Waals surface area contributed by atoms with Crippen molar-refractivity contribution in [3.05, 3.63) is 214 Å². The van der Waals surface area contributed by atoms with Crippen molar-refractivity contribution in [1.29, 1.82) is 10.5 Å². The molecule has 0 amide bonds. The second kappa shape index (κ2) is 26.6. The summed E-state index contributed by atoms with van der Waals surface area (Å²) < 4.78 is 12.5. The van der Waals surface area contributed by atoms with Crippen LogP contribution in [0.2, 0.25) is 0 Å². The number of hydrogen-bond acceptors (Lipinski definition) is 6. The molecule has 4 heterocycles. The molecule has 0 atom stereocenters. The van der Waals surface area contributed by atoms with Gasteiger partial charge in [-0.15, -0.1) is 0 Å². The summed E-state index contributed by atoms with van der Waals surface area (Å²) in [6.07, 6.45) is 14.1. The summed E-state index contributed by atoms with van der Waals surface area (Å²) in [6.45, 7) is 5.75. The van der Waals surface area contributed by atoms with Crippen LogP contribution in [-0.2, 0) is 0 Å². The van der Waals surface area contributed by atoms with Crippen LogP contribution >= 0.6 is 0 Å². The molecule has 10 aromatic rings. The molecule has 0 aliphatic rings. The van der Waals surface area contributed by atoms with Crippen molar-refractivity contribution >= 4 is 43.7 Å². The topological polar surface area (TPSA) is 123 Å². The van der Waals surface area contributed by atoms with Crippen molar-refractivity contribution < 1.29 is 9.47 Å². The Morgan fingerprint density at radius 3 is 1.20 bits per heavy atom. The number of pyridine rings is 2. The fourth-order valence-electron chi connectivity index (χ4n) is 10.1. The van der Waals surface area contributed by atoms with Crippen LogP contribution in [0.3, 0.4) is 0 Å². The normalized spacial score (nSPS) is 11.8. The summed E-state index contributed by atoms with van der Waals surface area (Å²) >= 11 is 0. The van der Waals surface area contributed by atoms with Gasteiger partial charge in [-0.3, -0.25) is 0 Å². The number of rotatable bonds is 20. The summed E-state index contributed by atoms with van der Waals surface area (Å²) in [4.78, 5) is 17.8. The average Bonchev–Trinajstić information content (AvgIpc) is 4.12. The third-order valence-electron chi connectivity index (χ3n) is 14.4. The van der Waals surface area contributed by atoms with Gasteiger partial charge in [0.15, 0.2) is 0 Å². The van der Waals surface area contributed by atoms with E-state index in [1.165, 1.54) is 51.4 Å². The van der Waals surface area contributed by atoms with Crippen molar-refractivity contribution in [3.8, 4) is 69.8 Å². The van der Waals surface area contributed by atoms with Crippen LogP contribution in [0.1, 0.15) is 125 Å². The molecule has 2 N–H and O–H groups in total. The molecule has 10 rings (SSSR count). The zero-order valence-corrected chi connectivity index (χ0v) is 45.7. The van der Waals surface area contributed by atoms with E-state index in [1.54, 1.807) is 0 Å². The number of hydrogen-bond donors (Lipinski definition) is 2. The van der Waals surface area contributed by atoms with Crippen LogP contribution in [0.25, 0.3) is 66.2 Å². The van der Waals surface area contributed by atoms with E-state index >= 15 is 0 Å². The van der Waals surface area contributed by atoms with Gasteiger partial charge in [-0.05, 0) is 145 Å². The maximum absolute atomic E-state index is 11.4. The third-order valence-corrected chi connectivity index (χ3v) is 14.4. The summed E-state index contributed by atoms with van der Waals surface area (Å²) in [5, 5.41) is 27.2. The van der Waals surface area contributed by atoms with E-state index in [2.05, 4.69) is 59.6 Å². The molecule has 394 valence electrons. The lowest BCUT2D eigenvalue weighted by Crippen LogP contribution is -2.11. The Morgan fingerprint density at radius 1 is 0.412 bits per heavy atom. The molecule has 0 bridgehead atoms. The van der Waals surface area contributed by atoms with Crippen molar-refractivity contribution in [1.82, 2.24) is 19.9 Å². The van der Waals surface area contributed by atoms with Crippen LogP contribution in [0.5, 0.6) is 11.5 Å². The highest BCUT2D eigenvalue weighted by Crippen LogP contribution is 2.34. The highest BCUT2D eigenvalue weighted by Gasteiger charge is 2.23. The van der Waals surface area contributed by atoms with Gasteiger partial charge < -0.3 is 19.4 Å². The van der Waals surface area contributed by atoms with E-state index in [1.807, 2.05) is 170 Å². The Labute approximate surface area is 469 Å². The zero-order valence-electron chi connectivity index (χ0n) is 45.7. The van der Waals surface area contributed by atoms with Gasteiger partial charge in [0.25, 0.3) is 0 Å². The van der Waals surface area contributed by atoms with Crippen LogP contribution in [0.15, 0.2) is 170 Å². The maximum Gasteiger partial charge on any atom is 0.119 e. The predicted octanol–water partition coefficient (Wildman–Crippen LogP) is 15.6. The third kappa shape index (κ3) is 13.0. The maximum atomic E-state index is 11.4. The molecular weight excluding hydrogens is 981 g/mol. The molecule has 0 aliphatic carbocycles. The molecule has 0 saturated heterocycles. The Bertz CT molecular complexity index is 3850. The second-order valence-corrected chi connectivity index (χ2v) is 20.2. The molecule has 8 nitrogen and oxygen atoms in total. The minimum Gasteiger partial charge on any atom is -0.494 e. The Balaban J connectivity index is 1.13. The molecule has 0 radical (unpaired) electrons. The molecule has 4 aromatic heterocycles. The lowest BCUT2D eigenvalue weighted by Gasteiger charge is -2.08. The first kappa shape index (κ1) is 53.8. The fraction of sp³-hybridized carbons (Fsp3) is 0.222. The SMILES string of the molecule is CCCCCCCCOc1ccc(-c2[nH]/c(=C(/C#N)c3ccc4cc(C#Cc5ccccc5)ccc4n3)c3c(-c4ccc(OCCCCCCCC)cc4)[nH]/c(=C(/C#N)c4ccc5cc(C#Cc6ccccc6)ccc5n4)c23)cc1. The quantitative estimate of drug-likeness (QED) is 0.0579. The van der Waals surface area contributed by atoms with Crippen LogP contribution < -0.4 is 20.2 Å².